The van der Waals surface area contributed by atoms with Crippen LogP contribution in [0, 0.1) is 0 Å². The van der Waals surface area contributed by atoms with Crippen LogP contribution in [0.5, 0.6) is 0 Å². The molecule has 140 valence electrons. The molecule has 1 amide bonds. The molecular weight excluding hydrogens is 370 g/mol. The number of H-pyrrole nitrogens is 1. The topological polar surface area (TPSA) is 102 Å². The summed E-state index contributed by atoms with van der Waals surface area (Å²) in [6.45, 7) is 1.07. The fraction of sp³-hybridized carbons (Fsp3) is 0.222. The van der Waals surface area contributed by atoms with Gasteiger partial charge in [0.2, 0.25) is 0 Å². The first kappa shape index (κ1) is 18.7. The minimum atomic E-state index is -0.661. The zero-order valence-corrected chi connectivity index (χ0v) is 15.1. The number of aryl methyl sites for hydroxylation is 1. The van der Waals surface area contributed by atoms with Gasteiger partial charge in [-0.1, -0.05) is 29.8 Å². The van der Waals surface area contributed by atoms with Crippen LogP contribution in [-0.2, 0) is 13.1 Å². The lowest BCUT2D eigenvalue weighted by atomic mass is 10.2. The molecule has 3 rings (SSSR count). The Kier molecular flexibility index (Phi) is 5.87. The van der Waals surface area contributed by atoms with Crippen molar-refractivity contribution in [1.82, 2.24) is 24.4 Å². The van der Waals surface area contributed by atoms with Gasteiger partial charge in [-0.15, -0.1) is 0 Å². The Morgan fingerprint density at radius 3 is 2.81 bits per heavy atom. The van der Waals surface area contributed by atoms with Crippen LogP contribution in [0.3, 0.4) is 0 Å². The van der Waals surface area contributed by atoms with Crippen molar-refractivity contribution in [2.45, 2.75) is 19.5 Å². The molecule has 0 aliphatic carbocycles. The van der Waals surface area contributed by atoms with Gasteiger partial charge in [-0.05, 0) is 18.1 Å². The number of aromatic amines is 1. The van der Waals surface area contributed by atoms with Crippen molar-refractivity contribution >= 4 is 17.5 Å². The van der Waals surface area contributed by atoms with E-state index in [1.807, 2.05) is 10.8 Å². The predicted molar refractivity (Wildman–Crippen MR) is 101 cm³/mol. The number of imidazole rings is 1. The number of nitrogens with one attached hydrogen (secondary N) is 2. The Morgan fingerprint density at radius 1 is 1.26 bits per heavy atom. The molecule has 9 heteroatoms. The van der Waals surface area contributed by atoms with Gasteiger partial charge in [-0.2, -0.15) is 0 Å². The van der Waals surface area contributed by atoms with Gasteiger partial charge in [0.05, 0.1) is 12.9 Å². The number of carbonyl (C=O) groups is 1. The van der Waals surface area contributed by atoms with Crippen LogP contribution < -0.4 is 16.6 Å². The van der Waals surface area contributed by atoms with E-state index >= 15 is 0 Å². The molecular formula is C18H18ClN5O3. The molecule has 0 aliphatic rings. The number of benzene rings is 1. The number of aromatic nitrogens is 4. The average molecular weight is 388 g/mol. The Morgan fingerprint density at radius 2 is 2.07 bits per heavy atom. The Labute approximate surface area is 159 Å². The van der Waals surface area contributed by atoms with Crippen molar-refractivity contribution < 1.29 is 4.79 Å². The normalized spacial score (nSPS) is 10.7. The van der Waals surface area contributed by atoms with Crippen molar-refractivity contribution in [2.75, 3.05) is 6.54 Å². The average Bonchev–Trinajstić information content (AvgIpc) is 3.17. The second kappa shape index (κ2) is 8.50. The minimum Gasteiger partial charge on any atom is -0.352 e. The van der Waals surface area contributed by atoms with Crippen molar-refractivity contribution in [1.29, 1.82) is 0 Å². The quantitative estimate of drug-likeness (QED) is 0.596. The van der Waals surface area contributed by atoms with Gasteiger partial charge in [0.25, 0.3) is 11.5 Å². The fourth-order valence-electron chi connectivity index (χ4n) is 2.59. The molecule has 27 heavy (non-hydrogen) atoms. The predicted octanol–water partition coefficient (Wildman–Crippen LogP) is 1.25. The summed E-state index contributed by atoms with van der Waals surface area (Å²) in [5.74, 6) is -0.533. The number of rotatable bonds is 7. The van der Waals surface area contributed by atoms with E-state index in [-0.39, 0.29) is 12.1 Å². The summed E-state index contributed by atoms with van der Waals surface area (Å²) in [6.07, 6.45) is 7.02. The third kappa shape index (κ3) is 4.53. The van der Waals surface area contributed by atoms with E-state index in [1.54, 1.807) is 36.8 Å². The molecule has 0 unspecified atom stereocenters. The molecule has 1 aromatic carbocycles. The number of nitrogens with zero attached hydrogens (tertiary/aromatic N) is 3. The highest BCUT2D eigenvalue weighted by Crippen LogP contribution is 2.14. The van der Waals surface area contributed by atoms with Crippen molar-refractivity contribution in [3.63, 3.8) is 0 Å². The molecule has 0 aliphatic heterocycles. The van der Waals surface area contributed by atoms with E-state index in [2.05, 4.69) is 15.3 Å². The number of halogens is 1. The molecule has 2 N–H and O–H groups in total. The van der Waals surface area contributed by atoms with Crippen molar-refractivity contribution in [3.8, 4) is 0 Å². The van der Waals surface area contributed by atoms with Crippen LogP contribution in [0.4, 0.5) is 0 Å². The van der Waals surface area contributed by atoms with E-state index < -0.39 is 17.2 Å². The first-order valence-corrected chi connectivity index (χ1v) is 8.74. The molecule has 0 saturated heterocycles. The molecule has 0 saturated carbocycles. The third-order valence-electron chi connectivity index (χ3n) is 4.03. The molecule has 2 heterocycles. The first-order valence-electron chi connectivity index (χ1n) is 8.36. The van der Waals surface area contributed by atoms with E-state index in [1.165, 1.54) is 0 Å². The van der Waals surface area contributed by atoms with E-state index in [9.17, 15) is 14.4 Å². The van der Waals surface area contributed by atoms with Gasteiger partial charge >= 0.3 is 5.69 Å². The highest BCUT2D eigenvalue weighted by molar-refractivity contribution is 6.31. The van der Waals surface area contributed by atoms with Crippen LogP contribution in [-0.4, -0.2) is 31.6 Å². The van der Waals surface area contributed by atoms with Crippen LogP contribution >= 0.6 is 11.6 Å². The summed E-state index contributed by atoms with van der Waals surface area (Å²) in [4.78, 5) is 43.3. The van der Waals surface area contributed by atoms with Crippen LogP contribution in [0.1, 0.15) is 22.3 Å². The van der Waals surface area contributed by atoms with E-state index in [4.69, 9.17) is 11.6 Å². The summed E-state index contributed by atoms with van der Waals surface area (Å²) in [7, 11) is 0. The largest absolute Gasteiger partial charge is 0.352 e. The smallest absolute Gasteiger partial charge is 0.328 e. The zero-order valence-electron chi connectivity index (χ0n) is 14.4. The highest BCUT2D eigenvalue weighted by Gasteiger charge is 2.15. The molecule has 0 spiro atoms. The standard InChI is InChI=1S/C18H18ClN5O3/c19-15-5-2-1-4-13(15)11-24-17(26)14(10-22-18(24)27)16(25)21-6-3-8-23-9-7-20-12-23/h1-2,4-5,7,9-10,12H,3,6,8,11H2,(H,21,25)(H,22,27). The molecule has 0 bridgehead atoms. The molecule has 0 radical (unpaired) electrons. The van der Waals surface area contributed by atoms with Crippen LogP contribution in [0.15, 0.2) is 58.8 Å². The summed E-state index contributed by atoms with van der Waals surface area (Å²) in [5, 5.41) is 3.13. The minimum absolute atomic E-state index is 0.0183. The highest BCUT2D eigenvalue weighted by atomic mass is 35.5. The SMILES string of the molecule is O=C(NCCCn1ccnc1)c1c[nH]c(=O)n(Cc2ccccc2Cl)c1=O. The monoisotopic (exact) mass is 387 g/mol. The third-order valence-corrected chi connectivity index (χ3v) is 4.40. The van der Waals surface area contributed by atoms with Gasteiger partial charge < -0.3 is 14.9 Å². The summed E-state index contributed by atoms with van der Waals surface area (Å²) in [5.41, 5.74) is -0.767. The first-order chi connectivity index (χ1) is 13.1. The fourth-order valence-corrected chi connectivity index (χ4v) is 2.79. The van der Waals surface area contributed by atoms with Gasteiger partial charge in [0.15, 0.2) is 0 Å². The lowest BCUT2D eigenvalue weighted by Gasteiger charge is -2.09. The van der Waals surface area contributed by atoms with Gasteiger partial charge in [-0.25, -0.2) is 9.78 Å². The lowest BCUT2D eigenvalue weighted by molar-refractivity contribution is 0.0950. The summed E-state index contributed by atoms with van der Waals surface area (Å²) < 4.78 is 2.85. The lowest BCUT2D eigenvalue weighted by Crippen LogP contribution is -2.41. The summed E-state index contributed by atoms with van der Waals surface area (Å²) >= 11 is 6.09. The van der Waals surface area contributed by atoms with Crippen molar-refractivity contribution in [3.05, 3.63) is 86.2 Å². The van der Waals surface area contributed by atoms with Gasteiger partial charge in [-0.3, -0.25) is 14.2 Å². The van der Waals surface area contributed by atoms with E-state index in [0.717, 1.165) is 10.8 Å². The maximum atomic E-state index is 12.6. The molecule has 3 aromatic rings. The van der Waals surface area contributed by atoms with Crippen molar-refractivity contribution in [2.24, 2.45) is 0 Å². The van der Waals surface area contributed by atoms with Gasteiger partial charge in [0, 0.05) is 36.7 Å². The number of hydrogen-bond acceptors (Lipinski definition) is 4. The number of amides is 1. The van der Waals surface area contributed by atoms with Gasteiger partial charge in [0.1, 0.15) is 5.56 Å². The maximum absolute atomic E-state index is 12.6. The molecule has 8 nitrogen and oxygen atoms in total. The second-order valence-corrected chi connectivity index (χ2v) is 6.31. The van der Waals surface area contributed by atoms with Crippen LogP contribution in [0.2, 0.25) is 5.02 Å². The zero-order chi connectivity index (χ0) is 19.2. The Bertz CT molecular complexity index is 1040. The maximum Gasteiger partial charge on any atom is 0.328 e. The second-order valence-electron chi connectivity index (χ2n) is 5.90. The summed E-state index contributed by atoms with van der Waals surface area (Å²) in [6, 6.07) is 6.91. The molecule has 0 fully saturated rings. The van der Waals surface area contributed by atoms with E-state index in [0.29, 0.717) is 30.1 Å². The Balaban J connectivity index is 1.70. The Hall–Kier alpha value is -3.13. The molecule has 2 aromatic heterocycles. The van der Waals surface area contributed by atoms with Crippen LogP contribution in [0.25, 0.3) is 0 Å². The number of hydrogen-bond donors (Lipinski definition) is 2. The number of carbonyl (C=O) groups excluding carboxylic acids is 1. The molecule has 0 atom stereocenters.